The SMILES string of the molecule is CC(C)C(C)C(C)C1=CC=C1. The van der Waals surface area contributed by atoms with Gasteiger partial charge >= 0.3 is 0 Å². The molecule has 0 saturated carbocycles. The molecule has 0 amide bonds. The lowest BCUT2D eigenvalue weighted by Gasteiger charge is -2.26. The highest BCUT2D eigenvalue weighted by Crippen LogP contribution is 2.29. The second-order valence-corrected chi connectivity index (χ2v) is 3.92. The molecule has 0 aromatic heterocycles. The van der Waals surface area contributed by atoms with Crippen LogP contribution in [-0.2, 0) is 0 Å². The highest BCUT2D eigenvalue weighted by Gasteiger charge is 2.19. The molecule has 0 radical (unpaired) electrons. The van der Waals surface area contributed by atoms with E-state index in [0.29, 0.717) is 0 Å². The van der Waals surface area contributed by atoms with Crippen LogP contribution in [0.2, 0.25) is 0 Å². The first-order valence-corrected chi connectivity index (χ1v) is 4.51. The van der Waals surface area contributed by atoms with Crippen LogP contribution in [0.15, 0.2) is 23.8 Å². The third kappa shape index (κ3) is 1.74. The molecule has 2 unspecified atom stereocenters. The summed E-state index contributed by atoms with van der Waals surface area (Å²) < 4.78 is 0. The van der Waals surface area contributed by atoms with E-state index in [9.17, 15) is 0 Å². The summed E-state index contributed by atoms with van der Waals surface area (Å²) in [5.74, 6) is 2.33. The van der Waals surface area contributed by atoms with Gasteiger partial charge < -0.3 is 0 Å². The van der Waals surface area contributed by atoms with Crippen molar-refractivity contribution in [3.8, 4) is 0 Å². The molecule has 62 valence electrons. The van der Waals surface area contributed by atoms with E-state index < -0.39 is 0 Å². The minimum Gasteiger partial charge on any atom is -0.0625 e. The van der Waals surface area contributed by atoms with Crippen molar-refractivity contribution < 1.29 is 0 Å². The van der Waals surface area contributed by atoms with Crippen molar-refractivity contribution in [3.63, 3.8) is 0 Å². The van der Waals surface area contributed by atoms with Gasteiger partial charge in [0, 0.05) is 0 Å². The molecule has 0 nitrogen and oxygen atoms in total. The molecule has 0 fully saturated rings. The van der Waals surface area contributed by atoms with Crippen LogP contribution in [0, 0.1) is 17.8 Å². The topological polar surface area (TPSA) is 0 Å². The van der Waals surface area contributed by atoms with Crippen LogP contribution in [0.4, 0.5) is 0 Å². The van der Waals surface area contributed by atoms with Gasteiger partial charge in [0.2, 0.25) is 0 Å². The van der Waals surface area contributed by atoms with Crippen molar-refractivity contribution in [1.29, 1.82) is 0 Å². The van der Waals surface area contributed by atoms with Gasteiger partial charge in [-0.05, 0) is 23.3 Å². The first-order chi connectivity index (χ1) is 5.13. The molecular weight excluding hydrogens is 132 g/mol. The fourth-order valence-electron chi connectivity index (χ4n) is 1.39. The first kappa shape index (κ1) is 8.58. The molecule has 0 bridgehead atoms. The zero-order valence-corrected chi connectivity index (χ0v) is 7.96. The molecule has 0 aromatic carbocycles. The summed E-state index contributed by atoms with van der Waals surface area (Å²) in [5.41, 5.74) is 1.52. The van der Waals surface area contributed by atoms with Crippen molar-refractivity contribution in [2.24, 2.45) is 17.8 Å². The maximum absolute atomic E-state index is 2.34. The quantitative estimate of drug-likeness (QED) is 0.578. The van der Waals surface area contributed by atoms with Crippen LogP contribution in [0.5, 0.6) is 0 Å². The molecule has 0 saturated heterocycles. The predicted octanol–water partition coefficient (Wildman–Crippen LogP) is 3.41. The van der Waals surface area contributed by atoms with Gasteiger partial charge in [-0.15, -0.1) is 0 Å². The first-order valence-electron chi connectivity index (χ1n) is 4.51. The van der Waals surface area contributed by atoms with Crippen LogP contribution >= 0.6 is 0 Å². The predicted molar refractivity (Wildman–Crippen MR) is 50.4 cm³/mol. The van der Waals surface area contributed by atoms with Crippen molar-refractivity contribution >= 4 is 0 Å². The van der Waals surface area contributed by atoms with E-state index >= 15 is 0 Å². The lowest BCUT2D eigenvalue weighted by molar-refractivity contribution is 0.333. The lowest BCUT2D eigenvalue weighted by atomic mass is 9.79. The van der Waals surface area contributed by atoms with Gasteiger partial charge in [-0.1, -0.05) is 45.9 Å². The van der Waals surface area contributed by atoms with Crippen LogP contribution < -0.4 is 0 Å². The fraction of sp³-hybridized carbons (Fsp3) is 0.636. The Bertz CT molecular complexity index is 184. The van der Waals surface area contributed by atoms with Crippen LogP contribution in [0.1, 0.15) is 27.7 Å². The summed E-state index contributed by atoms with van der Waals surface area (Å²) >= 11 is 0. The lowest BCUT2D eigenvalue weighted by Crippen LogP contribution is -2.16. The molecule has 0 aromatic rings. The molecule has 0 N–H and O–H groups in total. The van der Waals surface area contributed by atoms with E-state index in [0.717, 1.165) is 17.8 Å². The number of hydrogen-bond acceptors (Lipinski definition) is 0. The second-order valence-electron chi connectivity index (χ2n) is 3.92. The third-order valence-corrected chi connectivity index (χ3v) is 2.94. The minimum atomic E-state index is 0.736. The van der Waals surface area contributed by atoms with E-state index in [4.69, 9.17) is 0 Å². The van der Waals surface area contributed by atoms with Crippen LogP contribution in [0.25, 0.3) is 0 Å². The highest BCUT2D eigenvalue weighted by atomic mass is 14.2. The minimum absolute atomic E-state index is 0.736. The van der Waals surface area contributed by atoms with Gasteiger partial charge in [0.1, 0.15) is 0 Å². The maximum atomic E-state index is 2.34. The van der Waals surface area contributed by atoms with Gasteiger partial charge in [0.25, 0.3) is 0 Å². The van der Waals surface area contributed by atoms with Crippen molar-refractivity contribution in [2.75, 3.05) is 0 Å². The number of allylic oxidation sites excluding steroid dienone is 4. The summed E-state index contributed by atoms with van der Waals surface area (Å²) in [7, 11) is 0. The average Bonchev–Trinajstić information content (AvgIpc) is 1.82. The normalized spacial score (nSPS) is 21.0. The molecule has 2 atom stereocenters. The molecule has 1 aliphatic rings. The Morgan fingerprint density at radius 3 is 1.91 bits per heavy atom. The number of rotatable bonds is 3. The smallest absolute Gasteiger partial charge is 0.0162 e. The monoisotopic (exact) mass is 150 g/mol. The molecule has 0 heterocycles. The van der Waals surface area contributed by atoms with E-state index in [-0.39, 0.29) is 0 Å². The summed E-state index contributed by atoms with van der Waals surface area (Å²) in [5, 5.41) is 0. The standard InChI is InChI=1S/C11H18/c1-8(2)9(3)10(4)11-6-5-7-11/h5-10H,1-4H3. The fourth-order valence-corrected chi connectivity index (χ4v) is 1.39. The zero-order valence-electron chi connectivity index (χ0n) is 7.96. The largest absolute Gasteiger partial charge is 0.0625 e. The Morgan fingerprint density at radius 2 is 1.64 bits per heavy atom. The van der Waals surface area contributed by atoms with Crippen LogP contribution in [-0.4, -0.2) is 0 Å². The Morgan fingerprint density at radius 1 is 1.09 bits per heavy atom. The van der Waals surface area contributed by atoms with Gasteiger partial charge in [-0.25, -0.2) is 0 Å². The van der Waals surface area contributed by atoms with Gasteiger partial charge in [0.15, 0.2) is 0 Å². The molecule has 0 aliphatic heterocycles. The Balaban J connectivity index is 2.46. The van der Waals surface area contributed by atoms with E-state index in [1.54, 1.807) is 0 Å². The summed E-state index contributed by atoms with van der Waals surface area (Å²) in [4.78, 5) is 0. The summed E-state index contributed by atoms with van der Waals surface area (Å²) in [6.45, 7) is 9.25. The molecule has 0 heteroatoms. The van der Waals surface area contributed by atoms with Gasteiger partial charge in [0.05, 0.1) is 0 Å². The third-order valence-electron chi connectivity index (χ3n) is 2.94. The molecule has 1 rings (SSSR count). The highest BCUT2D eigenvalue weighted by molar-refractivity contribution is 5.37. The van der Waals surface area contributed by atoms with E-state index in [1.807, 2.05) is 0 Å². The summed E-state index contributed by atoms with van der Waals surface area (Å²) in [6, 6.07) is 0. The van der Waals surface area contributed by atoms with E-state index in [1.165, 1.54) is 5.57 Å². The Kier molecular flexibility index (Phi) is 2.53. The Hall–Kier alpha value is -0.520. The second kappa shape index (κ2) is 3.25. The van der Waals surface area contributed by atoms with Crippen LogP contribution in [0.3, 0.4) is 0 Å². The molecule has 0 spiro atoms. The summed E-state index contributed by atoms with van der Waals surface area (Å²) in [6.07, 6.45) is 6.58. The Labute approximate surface area is 70.0 Å². The van der Waals surface area contributed by atoms with Crippen molar-refractivity contribution in [1.82, 2.24) is 0 Å². The average molecular weight is 150 g/mol. The zero-order chi connectivity index (χ0) is 8.43. The van der Waals surface area contributed by atoms with Gasteiger partial charge in [-0.3, -0.25) is 0 Å². The number of hydrogen-bond donors (Lipinski definition) is 0. The molecular formula is C11H18. The van der Waals surface area contributed by atoms with Crippen molar-refractivity contribution in [2.45, 2.75) is 27.7 Å². The molecule has 11 heavy (non-hydrogen) atoms. The van der Waals surface area contributed by atoms with Crippen molar-refractivity contribution in [3.05, 3.63) is 23.8 Å². The molecule has 1 aliphatic carbocycles. The maximum Gasteiger partial charge on any atom is -0.0162 e. The van der Waals surface area contributed by atoms with E-state index in [2.05, 4.69) is 45.9 Å². The van der Waals surface area contributed by atoms with Gasteiger partial charge in [-0.2, -0.15) is 0 Å².